The largest absolute Gasteiger partial charge is 0.368 e. The van der Waals surface area contributed by atoms with E-state index in [-0.39, 0.29) is 0 Å². The van der Waals surface area contributed by atoms with Crippen LogP contribution >= 0.6 is 0 Å². The maximum atomic E-state index is 3.58. The van der Waals surface area contributed by atoms with Crippen molar-refractivity contribution in [3.63, 3.8) is 0 Å². The minimum atomic E-state index is 0.764. The molecule has 2 heterocycles. The Morgan fingerprint density at radius 1 is 1.05 bits per heavy atom. The third-order valence-corrected chi connectivity index (χ3v) is 5.33. The minimum Gasteiger partial charge on any atom is -0.368 e. The fourth-order valence-corrected chi connectivity index (χ4v) is 4.39. The normalized spacial score (nSPS) is 27.2. The van der Waals surface area contributed by atoms with Crippen molar-refractivity contribution in [2.75, 3.05) is 18.0 Å². The van der Waals surface area contributed by atoms with Gasteiger partial charge >= 0.3 is 0 Å². The second-order valence-corrected chi connectivity index (χ2v) is 6.45. The molecule has 0 saturated heterocycles. The lowest BCUT2D eigenvalue weighted by Crippen LogP contribution is -2.44. The van der Waals surface area contributed by atoms with Gasteiger partial charge in [0.1, 0.15) is 0 Å². The van der Waals surface area contributed by atoms with Crippen molar-refractivity contribution < 1.29 is 0 Å². The summed E-state index contributed by atoms with van der Waals surface area (Å²) in [6.45, 7) is 3.52. The molecule has 2 heteroatoms. The topological polar surface area (TPSA) is 15.3 Å². The Balaban J connectivity index is 1.72. The van der Waals surface area contributed by atoms with Crippen LogP contribution in [-0.4, -0.2) is 19.1 Å². The molecule has 0 bridgehead atoms. The molecule has 1 atom stereocenters. The molecular weight excluding hydrogens is 232 g/mol. The van der Waals surface area contributed by atoms with Crippen LogP contribution in [0.4, 0.5) is 5.69 Å². The zero-order valence-corrected chi connectivity index (χ0v) is 11.7. The minimum absolute atomic E-state index is 0.764. The van der Waals surface area contributed by atoms with E-state index in [0.717, 1.165) is 18.5 Å². The van der Waals surface area contributed by atoms with Crippen LogP contribution in [0.15, 0.2) is 18.2 Å². The standard InChI is InChI=1S/C17H24N2/c1-2-6-15(7-3-1)19-10-9-14-12-18-11-13-5-4-8-16(19)17(13)14/h4-5,8,14-15,18H,1-3,6-7,9-12H2. The Kier molecular flexibility index (Phi) is 2.99. The smallest absolute Gasteiger partial charge is 0.0407 e. The van der Waals surface area contributed by atoms with E-state index in [1.54, 1.807) is 16.8 Å². The highest BCUT2D eigenvalue weighted by atomic mass is 15.2. The van der Waals surface area contributed by atoms with Gasteiger partial charge in [-0.15, -0.1) is 0 Å². The summed E-state index contributed by atoms with van der Waals surface area (Å²) < 4.78 is 0. The third-order valence-electron chi connectivity index (χ3n) is 5.33. The molecule has 1 N–H and O–H groups in total. The predicted molar refractivity (Wildman–Crippen MR) is 79.7 cm³/mol. The fraction of sp³-hybridized carbons (Fsp3) is 0.647. The molecule has 3 aliphatic rings. The fourth-order valence-electron chi connectivity index (χ4n) is 4.39. The molecule has 0 aromatic heterocycles. The van der Waals surface area contributed by atoms with Gasteiger partial charge in [-0.1, -0.05) is 31.4 Å². The van der Waals surface area contributed by atoms with Gasteiger partial charge in [0.2, 0.25) is 0 Å². The van der Waals surface area contributed by atoms with E-state index in [9.17, 15) is 0 Å². The highest BCUT2D eigenvalue weighted by molar-refractivity contribution is 5.61. The van der Waals surface area contributed by atoms with Gasteiger partial charge in [0.05, 0.1) is 0 Å². The first kappa shape index (κ1) is 11.8. The molecule has 2 aliphatic heterocycles. The van der Waals surface area contributed by atoms with E-state index in [2.05, 4.69) is 28.4 Å². The molecule has 102 valence electrons. The molecule has 0 spiro atoms. The van der Waals surface area contributed by atoms with Gasteiger partial charge in [-0.05, 0) is 36.5 Å². The number of nitrogens with one attached hydrogen (secondary N) is 1. The summed E-state index contributed by atoms with van der Waals surface area (Å²) in [6, 6.07) is 7.78. The number of hydrogen-bond acceptors (Lipinski definition) is 2. The van der Waals surface area contributed by atoms with Crippen LogP contribution in [0.3, 0.4) is 0 Å². The zero-order chi connectivity index (χ0) is 12.7. The summed E-state index contributed by atoms with van der Waals surface area (Å²) in [4.78, 5) is 2.75. The van der Waals surface area contributed by atoms with Crippen molar-refractivity contribution in [2.45, 2.75) is 57.0 Å². The molecule has 0 amide bonds. The lowest BCUT2D eigenvalue weighted by molar-refractivity contribution is 0.391. The van der Waals surface area contributed by atoms with Gasteiger partial charge in [0, 0.05) is 37.3 Å². The summed E-state index contributed by atoms with van der Waals surface area (Å²) in [5.74, 6) is 0.764. The van der Waals surface area contributed by atoms with Crippen LogP contribution in [0.5, 0.6) is 0 Å². The Hall–Kier alpha value is -1.02. The summed E-state index contributed by atoms with van der Waals surface area (Å²) in [5, 5.41) is 3.58. The first-order valence-corrected chi connectivity index (χ1v) is 8.02. The Morgan fingerprint density at radius 3 is 2.84 bits per heavy atom. The zero-order valence-electron chi connectivity index (χ0n) is 11.7. The maximum absolute atomic E-state index is 3.58. The molecule has 1 aromatic carbocycles. The van der Waals surface area contributed by atoms with Crippen molar-refractivity contribution in [1.29, 1.82) is 0 Å². The van der Waals surface area contributed by atoms with E-state index in [1.165, 1.54) is 51.6 Å². The van der Waals surface area contributed by atoms with Gasteiger partial charge < -0.3 is 10.2 Å². The van der Waals surface area contributed by atoms with Gasteiger partial charge in [-0.25, -0.2) is 0 Å². The number of rotatable bonds is 1. The van der Waals surface area contributed by atoms with E-state index in [0.29, 0.717) is 0 Å². The number of benzene rings is 1. The quantitative estimate of drug-likeness (QED) is 0.828. The van der Waals surface area contributed by atoms with Crippen molar-refractivity contribution in [3.8, 4) is 0 Å². The Morgan fingerprint density at radius 2 is 1.95 bits per heavy atom. The van der Waals surface area contributed by atoms with Crippen molar-refractivity contribution in [2.24, 2.45) is 0 Å². The van der Waals surface area contributed by atoms with Gasteiger partial charge in [-0.2, -0.15) is 0 Å². The van der Waals surface area contributed by atoms with E-state index < -0.39 is 0 Å². The van der Waals surface area contributed by atoms with Crippen molar-refractivity contribution >= 4 is 5.69 Å². The maximum Gasteiger partial charge on any atom is 0.0407 e. The molecular formula is C17H24N2. The van der Waals surface area contributed by atoms with Crippen molar-refractivity contribution in [3.05, 3.63) is 29.3 Å². The Labute approximate surface area is 116 Å². The van der Waals surface area contributed by atoms with E-state index in [4.69, 9.17) is 0 Å². The molecule has 0 radical (unpaired) electrons. The molecule has 1 unspecified atom stereocenters. The second-order valence-electron chi connectivity index (χ2n) is 6.45. The lowest BCUT2D eigenvalue weighted by atomic mass is 9.82. The van der Waals surface area contributed by atoms with Crippen molar-refractivity contribution in [1.82, 2.24) is 5.32 Å². The average molecular weight is 256 g/mol. The summed E-state index contributed by atoms with van der Waals surface area (Å²) in [6.07, 6.45) is 8.47. The highest BCUT2D eigenvalue weighted by Gasteiger charge is 2.32. The van der Waals surface area contributed by atoms with Crippen LogP contribution < -0.4 is 10.2 Å². The second kappa shape index (κ2) is 4.82. The summed E-state index contributed by atoms with van der Waals surface area (Å²) >= 11 is 0. The summed E-state index contributed by atoms with van der Waals surface area (Å²) in [5.41, 5.74) is 4.80. The molecule has 1 aliphatic carbocycles. The molecule has 2 nitrogen and oxygen atoms in total. The monoisotopic (exact) mass is 256 g/mol. The van der Waals surface area contributed by atoms with Gasteiger partial charge in [0.15, 0.2) is 0 Å². The number of anilines is 1. The number of nitrogens with zero attached hydrogens (tertiary/aromatic N) is 1. The molecule has 4 rings (SSSR count). The molecule has 1 fully saturated rings. The van der Waals surface area contributed by atoms with Crippen LogP contribution in [0, 0.1) is 0 Å². The first-order valence-electron chi connectivity index (χ1n) is 8.02. The SMILES string of the molecule is c1cc2c3c(c1)N(C1CCCCC1)CCC3CNC2. The van der Waals surface area contributed by atoms with Crippen LogP contribution in [-0.2, 0) is 6.54 Å². The predicted octanol–water partition coefficient (Wildman–Crippen LogP) is 3.42. The molecule has 1 saturated carbocycles. The molecule has 19 heavy (non-hydrogen) atoms. The highest BCUT2D eigenvalue weighted by Crippen LogP contribution is 2.41. The third kappa shape index (κ3) is 1.97. The lowest BCUT2D eigenvalue weighted by Gasteiger charge is -2.44. The van der Waals surface area contributed by atoms with Gasteiger partial charge in [0.25, 0.3) is 0 Å². The van der Waals surface area contributed by atoms with Crippen LogP contribution in [0.2, 0.25) is 0 Å². The average Bonchev–Trinajstić information content (AvgIpc) is 2.49. The van der Waals surface area contributed by atoms with Crippen LogP contribution in [0.1, 0.15) is 55.6 Å². The van der Waals surface area contributed by atoms with E-state index in [1.807, 2.05) is 0 Å². The summed E-state index contributed by atoms with van der Waals surface area (Å²) in [7, 11) is 0. The molecule has 1 aromatic rings. The first-order chi connectivity index (χ1) is 9.43. The van der Waals surface area contributed by atoms with Gasteiger partial charge in [-0.3, -0.25) is 0 Å². The number of hydrogen-bond donors (Lipinski definition) is 1. The van der Waals surface area contributed by atoms with E-state index >= 15 is 0 Å². The Bertz CT molecular complexity index is 462. The van der Waals surface area contributed by atoms with Crippen LogP contribution in [0.25, 0.3) is 0 Å².